The summed E-state index contributed by atoms with van der Waals surface area (Å²) in [5.74, 6) is -0.370. The van der Waals surface area contributed by atoms with Crippen LogP contribution < -0.4 is 10.4 Å². The zero-order valence-corrected chi connectivity index (χ0v) is 28.2. The SMILES string of the molecule is COC(=O)/C=C/[C@@H]1O[C@@]1(C)C[C@@H](CCO[Si](c1ccccc1)(c1ccccc1)C(C)(C)C)O[Si](C)(C)C(C)(C)C. The predicted molar refractivity (Wildman–Crippen MR) is 169 cm³/mol. The molecule has 2 aromatic rings. The molecule has 0 aliphatic carbocycles. The van der Waals surface area contributed by atoms with Crippen LogP contribution in [0.1, 0.15) is 61.3 Å². The number of benzene rings is 2. The van der Waals surface area contributed by atoms with E-state index in [1.54, 1.807) is 6.08 Å². The highest BCUT2D eigenvalue weighted by molar-refractivity contribution is 6.99. The predicted octanol–water partition coefficient (Wildman–Crippen LogP) is 6.62. The van der Waals surface area contributed by atoms with Crippen molar-refractivity contribution in [3.05, 3.63) is 72.8 Å². The molecule has 220 valence electrons. The molecular weight excluding hydrogens is 533 g/mol. The van der Waals surface area contributed by atoms with E-state index in [4.69, 9.17) is 18.3 Å². The van der Waals surface area contributed by atoms with E-state index in [9.17, 15) is 4.79 Å². The Kier molecular flexibility index (Phi) is 10.1. The van der Waals surface area contributed by atoms with Gasteiger partial charge in [0, 0.05) is 19.1 Å². The monoisotopic (exact) mass is 582 g/mol. The zero-order chi connectivity index (χ0) is 29.8. The molecule has 1 saturated heterocycles. The van der Waals surface area contributed by atoms with Crippen LogP contribution in [0.3, 0.4) is 0 Å². The number of carbonyl (C=O) groups is 1. The van der Waals surface area contributed by atoms with E-state index < -0.39 is 16.6 Å². The fourth-order valence-corrected chi connectivity index (χ4v) is 11.2. The van der Waals surface area contributed by atoms with E-state index >= 15 is 0 Å². The van der Waals surface area contributed by atoms with Crippen LogP contribution in [0, 0.1) is 0 Å². The van der Waals surface area contributed by atoms with Crippen molar-refractivity contribution in [3.63, 3.8) is 0 Å². The summed E-state index contributed by atoms with van der Waals surface area (Å²) in [7, 11) is -3.31. The average Bonchev–Trinajstić information content (AvgIpc) is 3.53. The van der Waals surface area contributed by atoms with Crippen LogP contribution >= 0.6 is 0 Å². The molecule has 0 bridgehead atoms. The molecule has 5 nitrogen and oxygen atoms in total. The number of methoxy groups -OCH3 is 1. The fraction of sp³-hybridized carbons (Fsp3) is 0.545. The van der Waals surface area contributed by atoms with Crippen molar-refractivity contribution in [2.45, 2.75) is 102 Å². The van der Waals surface area contributed by atoms with E-state index in [1.165, 1.54) is 23.6 Å². The van der Waals surface area contributed by atoms with Gasteiger partial charge in [0.25, 0.3) is 8.32 Å². The van der Waals surface area contributed by atoms with Gasteiger partial charge >= 0.3 is 5.97 Å². The lowest BCUT2D eigenvalue weighted by atomic mass is 9.98. The summed E-state index contributed by atoms with van der Waals surface area (Å²) >= 11 is 0. The Morgan fingerprint density at radius 3 is 1.93 bits per heavy atom. The third-order valence-corrected chi connectivity index (χ3v) is 18.2. The maximum Gasteiger partial charge on any atom is 0.330 e. The van der Waals surface area contributed by atoms with Crippen LogP contribution in [0.25, 0.3) is 0 Å². The van der Waals surface area contributed by atoms with Gasteiger partial charge in [-0.05, 0) is 53.0 Å². The van der Waals surface area contributed by atoms with Gasteiger partial charge in [-0.3, -0.25) is 0 Å². The molecular formula is C33H50O5Si2. The van der Waals surface area contributed by atoms with Crippen molar-refractivity contribution in [3.8, 4) is 0 Å². The second-order valence-electron chi connectivity index (χ2n) is 13.7. The van der Waals surface area contributed by atoms with E-state index in [2.05, 4.69) is 122 Å². The Balaban J connectivity index is 1.88. The number of epoxide rings is 1. The van der Waals surface area contributed by atoms with Crippen molar-refractivity contribution >= 4 is 33.0 Å². The summed E-state index contributed by atoms with van der Waals surface area (Å²) in [6.45, 7) is 21.0. The standard InChI is InChI=1S/C33H50O5Si2/c1-31(2,3)39(9,10)38-26(25-33(7)29(37-33)21-22-30(34)35-8)23-24-36-40(32(4,5)6,27-17-13-11-14-18-27)28-19-15-12-16-20-28/h11-22,26,29H,23-25H2,1-10H3/b22-21+/t26-,29+,33+/m1/s1. The summed E-state index contributed by atoms with van der Waals surface area (Å²) in [6, 6.07) is 21.5. The Morgan fingerprint density at radius 1 is 0.950 bits per heavy atom. The van der Waals surface area contributed by atoms with Crippen molar-refractivity contribution in [1.29, 1.82) is 0 Å². The van der Waals surface area contributed by atoms with Crippen LogP contribution in [-0.4, -0.2) is 54.1 Å². The first-order valence-corrected chi connectivity index (χ1v) is 19.2. The van der Waals surface area contributed by atoms with Gasteiger partial charge in [0.1, 0.15) is 6.10 Å². The molecule has 0 aromatic heterocycles. The highest BCUT2D eigenvalue weighted by Crippen LogP contribution is 2.45. The average molecular weight is 583 g/mol. The lowest BCUT2D eigenvalue weighted by Crippen LogP contribution is -2.66. The molecule has 0 unspecified atom stereocenters. The van der Waals surface area contributed by atoms with Crippen LogP contribution in [0.15, 0.2) is 72.8 Å². The minimum Gasteiger partial charge on any atom is -0.466 e. The molecule has 7 heteroatoms. The molecule has 3 rings (SSSR count). The highest BCUT2D eigenvalue weighted by atomic mass is 28.4. The van der Waals surface area contributed by atoms with Gasteiger partial charge in [-0.2, -0.15) is 0 Å². The third kappa shape index (κ3) is 7.42. The molecule has 0 saturated carbocycles. The maximum absolute atomic E-state index is 11.6. The Morgan fingerprint density at radius 2 is 1.48 bits per heavy atom. The number of ether oxygens (including phenoxy) is 2. The lowest BCUT2D eigenvalue weighted by Gasteiger charge is -2.44. The summed E-state index contributed by atoms with van der Waals surface area (Å²) in [5, 5.41) is 2.56. The molecule has 3 atom stereocenters. The summed E-state index contributed by atoms with van der Waals surface area (Å²) in [5.41, 5.74) is -0.380. The molecule has 1 heterocycles. The second-order valence-corrected chi connectivity index (χ2v) is 22.8. The van der Waals surface area contributed by atoms with Crippen molar-refractivity contribution in [2.75, 3.05) is 13.7 Å². The molecule has 0 N–H and O–H groups in total. The molecule has 0 spiro atoms. The number of carbonyl (C=O) groups excluding carboxylic acids is 1. The fourth-order valence-electron chi connectivity index (χ4n) is 5.25. The minimum absolute atomic E-state index is 0.0272. The first-order chi connectivity index (χ1) is 18.6. The van der Waals surface area contributed by atoms with Gasteiger partial charge in [0.2, 0.25) is 0 Å². The molecule has 2 aromatic carbocycles. The van der Waals surface area contributed by atoms with Gasteiger partial charge < -0.3 is 18.3 Å². The van der Waals surface area contributed by atoms with Crippen molar-refractivity contribution in [2.24, 2.45) is 0 Å². The van der Waals surface area contributed by atoms with E-state index in [0.717, 1.165) is 12.8 Å². The van der Waals surface area contributed by atoms with Gasteiger partial charge in [0.15, 0.2) is 8.32 Å². The number of esters is 1. The maximum atomic E-state index is 11.6. The lowest BCUT2D eigenvalue weighted by molar-refractivity contribution is -0.134. The van der Waals surface area contributed by atoms with Gasteiger partial charge in [-0.1, -0.05) is 102 Å². The quantitative estimate of drug-likeness (QED) is 0.122. The number of hydrogen-bond donors (Lipinski definition) is 0. The summed E-state index contributed by atoms with van der Waals surface area (Å²) < 4.78 is 25.0. The number of hydrogen-bond acceptors (Lipinski definition) is 5. The van der Waals surface area contributed by atoms with E-state index in [-0.39, 0.29) is 33.9 Å². The smallest absolute Gasteiger partial charge is 0.330 e. The van der Waals surface area contributed by atoms with Crippen LogP contribution in [0.2, 0.25) is 23.2 Å². The molecule has 0 amide bonds. The van der Waals surface area contributed by atoms with Gasteiger partial charge in [-0.25, -0.2) is 4.79 Å². The Labute approximate surface area is 244 Å². The van der Waals surface area contributed by atoms with Crippen LogP contribution in [-0.2, 0) is 23.1 Å². The largest absolute Gasteiger partial charge is 0.466 e. The highest BCUT2D eigenvalue weighted by Gasteiger charge is 2.53. The summed E-state index contributed by atoms with van der Waals surface area (Å²) in [4.78, 5) is 11.6. The summed E-state index contributed by atoms with van der Waals surface area (Å²) in [6.07, 6.45) is 4.60. The van der Waals surface area contributed by atoms with Crippen LogP contribution in [0.4, 0.5) is 0 Å². The Bertz CT molecular complexity index is 1100. The van der Waals surface area contributed by atoms with E-state index in [1.807, 2.05) is 0 Å². The molecule has 0 radical (unpaired) electrons. The third-order valence-electron chi connectivity index (χ3n) is 8.62. The Hall–Kier alpha value is -2.04. The first-order valence-electron chi connectivity index (χ1n) is 14.4. The van der Waals surface area contributed by atoms with Crippen molar-refractivity contribution < 1.29 is 23.1 Å². The normalized spacial score (nSPS) is 20.9. The molecule has 1 aliphatic rings. The molecule has 1 aliphatic heterocycles. The minimum atomic E-state index is -2.64. The van der Waals surface area contributed by atoms with E-state index in [0.29, 0.717) is 6.61 Å². The van der Waals surface area contributed by atoms with Crippen LogP contribution in [0.5, 0.6) is 0 Å². The second kappa shape index (κ2) is 12.5. The van der Waals surface area contributed by atoms with Gasteiger partial charge in [0.05, 0.1) is 18.8 Å². The first kappa shape index (κ1) is 32.5. The number of rotatable bonds is 12. The molecule has 1 fully saturated rings. The molecule has 40 heavy (non-hydrogen) atoms. The van der Waals surface area contributed by atoms with Crippen molar-refractivity contribution in [1.82, 2.24) is 0 Å². The zero-order valence-electron chi connectivity index (χ0n) is 26.2. The topological polar surface area (TPSA) is 57.3 Å². The van der Waals surface area contributed by atoms with Gasteiger partial charge in [-0.15, -0.1) is 0 Å².